The first-order chi connectivity index (χ1) is 9.67. The fourth-order valence-electron chi connectivity index (χ4n) is 0.356. The topological polar surface area (TPSA) is 278 Å². The van der Waals surface area contributed by atoms with Gasteiger partial charge >= 0.3 is 131 Å². The smallest absolute Gasteiger partial charge is 0.750 e. The van der Waals surface area contributed by atoms with Crippen LogP contribution >= 0.6 is 48.7 Å². The van der Waals surface area contributed by atoms with Gasteiger partial charge in [-0.1, -0.05) is 24.7 Å². The summed E-state index contributed by atoms with van der Waals surface area (Å²) in [4.78, 5) is 58.4. The molecule has 0 aromatic carbocycles. The van der Waals surface area contributed by atoms with Crippen LogP contribution in [0.3, 0.4) is 0 Å². The molecule has 0 amide bonds. The summed E-state index contributed by atoms with van der Waals surface area (Å²) in [6, 6.07) is 0. The maximum Gasteiger partial charge on any atom is 2.00 e. The van der Waals surface area contributed by atoms with Crippen LogP contribution in [0.25, 0.3) is 0 Å². The Morgan fingerprint density at radius 3 is 0.731 bits per heavy atom. The van der Waals surface area contributed by atoms with Gasteiger partial charge < -0.3 is 29.4 Å². The van der Waals surface area contributed by atoms with E-state index in [1.807, 2.05) is 0 Å². The van der Waals surface area contributed by atoms with Gasteiger partial charge in [-0.05, 0) is 18.3 Å². The van der Waals surface area contributed by atoms with Crippen LogP contribution < -0.4 is 29.4 Å². The predicted molar refractivity (Wildman–Crippen MR) is 56.7 cm³/mol. The van der Waals surface area contributed by atoms with Crippen molar-refractivity contribution in [2.24, 2.45) is 0 Å². The van der Waals surface area contributed by atoms with E-state index in [1.165, 1.54) is 0 Å². The maximum atomic E-state index is 10.1. The van der Waals surface area contributed by atoms with E-state index < -0.39 is 48.7 Å². The zero-order valence-electron chi connectivity index (χ0n) is 11.3. The van der Waals surface area contributed by atoms with Gasteiger partial charge in [-0.25, -0.2) is 0 Å². The molecule has 0 aromatic rings. The van der Waals surface area contributed by atoms with Crippen molar-refractivity contribution in [2.75, 3.05) is 0 Å². The Labute approximate surface area is 209 Å². The van der Waals surface area contributed by atoms with Crippen LogP contribution in [0.4, 0.5) is 0 Å². The molecular weight excluding hydrogens is 791 g/mol. The van der Waals surface area contributed by atoms with Crippen LogP contribution in [0.15, 0.2) is 0 Å². The first-order valence-corrected chi connectivity index (χ1v) is 11.0. The average molecular weight is 795 g/mol. The molecule has 0 aliphatic rings. The molecule has 0 radical (unpaired) electrons. The van der Waals surface area contributed by atoms with E-state index in [9.17, 15) is 56.8 Å². The van der Waals surface area contributed by atoms with Crippen molar-refractivity contribution in [3.63, 3.8) is 0 Å². The van der Waals surface area contributed by atoms with E-state index in [0.717, 1.165) is 0 Å². The summed E-state index contributed by atoms with van der Waals surface area (Å²) in [5.74, 6) is 0. The van der Waals surface area contributed by atoms with Gasteiger partial charge in [0.05, 0.1) is 0 Å². The van der Waals surface area contributed by atoms with Gasteiger partial charge in [0.15, 0.2) is 0 Å². The minimum Gasteiger partial charge on any atom is -0.750 e. The average Bonchev–Trinajstić information content (AvgIpc) is 2.06. The fraction of sp³-hybridized carbons (Fsp3) is 1.00. The summed E-state index contributed by atoms with van der Waals surface area (Å²) in [5, 5.41) is 0. The zero-order chi connectivity index (χ0) is 18.1. The Balaban J connectivity index is -0.0000000667. The molecule has 136 valence electrons. The van der Waals surface area contributed by atoms with Gasteiger partial charge in [-0.3, -0.25) is 9.13 Å². The molecule has 25 heteroatoms. The van der Waals surface area contributed by atoms with Crippen molar-refractivity contribution in [1.29, 1.82) is 0 Å². The van der Waals surface area contributed by atoms with Gasteiger partial charge in [0.25, 0.3) is 0 Å². The van der Waals surface area contributed by atoms with Gasteiger partial charge in [-0.2, -0.15) is 0 Å². The van der Waals surface area contributed by atoms with E-state index >= 15 is 0 Å². The van der Waals surface area contributed by atoms with Gasteiger partial charge in [0.2, 0.25) is 0 Å². The van der Waals surface area contributed by atoms with Crippen molar-refractivity contribution in [3.05, 3.63) is 0 Å². The van der Waals surface area contributed by atoms with Crippen LogP contribution in [-0.2, 0) is 127 Å². The largest absolute Gasteiger partial charge is 2.00 e. The number of phosphoric acid groups is 2. The van der Waals surface area contributed by atoms with E-state index in [1.54, 1.807) is 0 Å². The monoisotopic (exact) mass is 800 g/mol. The molecule has 0 spiro atoms. The van der Waals surface area contributed by atoms with E-state index in [4.69, 9.17) is 0 Å². The Bertz CT molecular complexity index is 458. The van der Waals surface area contributed by atoms with Crippen molar-refractivity contribution < 1.29 is 156 Å². The molecule has 0 aliphatic carbocycles. The third-order valence-electron chi connectivity index (χ3n) is 0.667. The summed E-state index contributed by atoms with van der Waals surface area (Å²) < 4.78 is 70.8. The second kappa shape index (κ2) is 21.5. The third-order valence-corrected chi connectivity index (χ3v) is 6.00. The first-order valence-electron chi connectivity index (χ1n) is 3.65. The van der Waals surface area contributed by atoms with Gasteiger partial charge in [0, 0.05) is 0 Å². The van der Waals surface area contributed by atoms with Crippen LogP contribution in [0, 0.1) is 0 Å². The molecule has 0 bridgehead atoms. The second-order valence-corrected chi connectivity index (χ2v) is 8.31. The van der Waals surface area contributed by atoms with Crippen LogP contribution in [-0.4, -0.2) is 0 Å². The Kier molecular flexibility index (Phi) is 35.6. The SMILES string of the molecule is C.O=[P+]([O-])OP(=O)([O-])O[P+](=O)[O-].O=[P+]([O-])OP(=O)([O-])O[P+](=O)[O-].[Cd+2].[Cd+2].[Cd+2]. The molecule has 0 fully saturated rings. The van der Waals surface area contributed by atoms with Crippen molar-refractivity contribution in [1.82, 2.24) is 0 Å². The molecule has 26 heavy (non-hydrogen) atoms. The second-order valence-electron chi connectivity index (χ2n) is 2.12. The molecule has 0 saturated heterocycles. The number of rotatable bonds is 8. The van der Waals surface area contributed by atoms with Crippen LogP contribution in [0.5, 0.6) is 0 Å². The normalized spacial score (nSPS) is 15.9. The minimum absolute atomic E-state index is 0. The molecule has 4 unspecified atom stereocenters. The van der Waals surface area contributed by atoms with E-state index in [0.29, 0.717) is 0 Å². The standard InChI is InChI=1S/CH4.3Cd.2HO8P3/c;;;;2*1-9(2)7-11(5,6)8-10(3)4/h1H4;;;;2*(H,5,6)/q;3*+2;;/p-2. The first kappa shape index (κ1) is 43.2. The summed E-state index contributed by atoms with van der Waals surface area (Å²) >= 11 is 0. The summed E-state index contributed by atoms with van der Waals surface area (Å²) in [6.07, 6.45) is 0. The summed E-state index contributed by atoms with van der Waals surface area (Å²) in [6.45, 7) is 0. The molecule has 16 nitrogen and oxygen atoms in total. The van der Waals surface area contributed by atoms with Crippen molar-refractivity contribution in [2.45, 2.75) is 7.43 Å². The van der Waals surface area contributed by atoms with Crippen molar-refractivity contribution >= 4 is 48.7 Å². The van der Waals surface area contributed by atoms with E-state index in [2.05, 4.69) is 17.2 Å². The summed E-state index contributed by atoms with van der Waals surface area (Å²) in [5.41, 5.74) is 0. The molecule has 0 heterocycles. The fourth-order valence-corrected chi connectivity index (χ4v) is 3.74. The molecule has 0 aliphatic heterocycles. The molecule has 0 saturated carbocycles. The number of hydrogen-bond acceptors (Lipinski definition) is 16. The molecule has 4 atom stereocenters. The predicted octanol–water partition coefficient (Wildman–Crippen LogP) is -2.32. The molecule has 0 N–H and O–H groups in total. The van der Waals surface area contributed by atoms with Gasteiger partial charge in [-0.15, -0.1) is 0 Å². The van der Waals surface area contributed by atoms with Crippen LogP contribution in [0.2, 0.25) is 0 Å². The third kappa shape index (κ3) is 34.7. The molecular formula is CH4Cd3O16P6+4. The zero-order valence-corrected chi connectivity index (χ0v) is 28.8. The van der Waals surface area contributed by atoms with Crippen LogP contribution in [0.1, 0.15) is 7.43 Å². The quantitative estimate of drug-likeness (QED) is 0.184. The Hall–Kier alpha value is 3.23. The van der Waals surface area contributed by atoms with E-state index in [-0.39, 0.29) is 89.3 Å². The molecule has 0 rings (SSSR count). The minimum atomic E-state index is -5.25. The Morgan fingerprint density at radius 1 is 0.538 bits per heavy atom. The summed E-state index contributed by atoms with van der Waals surface area (Å²) in [7, 11) is -25.2. The van der Waals surface area contributed by atoms with Gasteiger partial charge in [0.1, 0.15) is 0 Å². The maximum absolute atomic E-state index is 10.1. The number of hydrogen-bond donors (Lipinski definition) is 0. The Morgan fingerprint density at radius 2 is 0.654 bits per heavy atom. The molecule has 0 aromatic heterocycles. The van der Waals surface area contributed by atoms with Crippen molar-refractivity contribution in [3.8, 4) is 0 Å².